The van der Waals surface area contributed by atoms with Gasteiger partial charge in [0.1, 0.15) is 5.82 Å². The van der Waals surface area contributed by atoms with Crippen LogP contribution in [0, 0.1) is 5.82 Å². The van der Waals surface area contributed by atoms with Crippen molar-refractivity contribution in [2.75, 3.05) is 19.6 Å². The lowest BCUT2D eigenvalue weighted by Gasteiger charge is -2.32. The fourth-order valence-electron chi connectivity index (χ4n) is 1.98. The van der Waals surface area contributed by atoms with Gasteiger partial charge in [-0.05, 0) is 19.1 Å². The van der Waals surface area contributed by atoms with Gasteiger partial charge < -0.3 is 10.2 Å². The molecule has 1 aromatic carbocycles. The normalized spacial score (nSPS) is 19.3. The quantitative estimate of drug-likeness (QED) is 0.862. The van der Waals surface area contributed by atoms with Crippen LogP contribution in [0.5, 0.6) is 0 Å². The zero-order chi connectivity index (χ0) is 12.4. The van der Waals surface area contributed by atoms with Crippen LogP contribution in [0.4, 0.5) is 4.39 Å². The molecule has 2 rings (SSSR count). The molecule has 1 saturated heterocycles. The summed E-state index contributed by atoms with van der Waals surface area (Å²) >= 11 is 5.88. The molecular formula is C12H15Cl2FN2O. The molecule has 1 amide bonds. The van der Waals surface area contributed by atoms with Gasteiger partial charge in [0.15, 0.2) is 0 Å². The van der Waals surface area contributed by atoms with Crippen molar-refractivity contribution in [1.29, 1.82) is 0 Å². The number of piperazine rings is 1. The molecule has 6 heteroatoms. The van der Waals surface area contributed by atoms with Crippen LogP contribution in [0.1, 0.15) is 17.3 Å². The summed E-state index contributed by atoms with van der Waals surface area (Å²) in [6.07, 6.45) is 0. The van der Waals surface area contributed by atoms with E-state index in [1.807, 2.05) is 6.92 Å². The van der Waals surface area contributed by atoms with E-state index in [0.29, 0.717) is 13.1 Å². The summed E-state index contributed by atoms with van der Waals surface area (Å²) in [6, 6.07) is 4.50. The number of nitrogens with zero attached hydrogens (tertiary/aromatic N) is 1. The third kappa shape index (κ3) is 3.13. The van der Waals surface area contributed by atoms with Crippen LogP contribution in [0.15, 0.2) is 18.2 Å². The first kappa shape index (κ1) is 15.2. The highest BCUT2D eigenvalue weighted by Crippen LogP contribution is 2.21. The van der Waals surface area contributed by atoms with Crippen molar-refractivity contribution in [3.8, 4) is 0 Å². The molecule has 1 fully saturated rings. The summed E-state index contributed by atoms with van der Waals surface area (Å²) in [7, 11) is 0. The van der Waals surface area contributed by atoms with Crippen molar-refractivity contribution >= 4 is 29.9 Å². The maximum atomic E-state index is 13.6. The predicted molar refractivity (Wildman–Crippen MR) is 72.0 cm³/mol. The predicted octanol–water partition coefficient (Wildman–Crippen LogP) is 2.33. The molecule has 1 aromatic rings. The summed E-state index contributed by atoms with van der Waals surface area (Å²) in [5.41, 5.74) is -0.0248. The monoisotopic (exact) mass is 292 g/mol. The van der Waals surface area contributed by atoms with Gasteiger partial charge in [-0.3, -0.25) is 4.79 Å². The van der Waals surface area contributed by atoms with Gasteiger partial charge in [-0.2, -0.15) is 0 Å². The summed E-state index contributed by atoms with van der Waals surface area (Å²) in [4.78, 5) is 13.8. The lowest BCUT2D eigenvalue weighted by atomic mass is 10.1. The Morgan fingerprint density at radius 1 is 1.56 bits per heavy atom. The molecular weight excluding hydrogens is 278 g/mol. The lowest BCUT2D eigenvalue weighted by molar-refractivity contribution is 0.0704. The van der Waals surface area contributed by atoms with Crippen LogP contribution >= 0.6 is 24.0 Å². The van der Waals surface area contributed by atoms with Crippen LogP contribution < -0.4 is 5.32 Å². The average Bonchev–Trinajstić information content (AvgIpc) is 2.28. The van der Waals surface area contributed by atoms with Gasteiger partial charge in [-0.15, -0.1) is 12.4 Å². The number of carbonyl (C=O) groups is 1. The van der Waals surface area contributed by atoms with Gasteiger partial charge in [0.05, 0.1) is 10.6 Å². The van der Waals surface area contributed by atoms with Gasteiger partial charge in [-0.25, -0.2) is 4.39 Å². The van der Waals surface area contributed by atoms with E-state index in [4.69, 9.17) is 11.6 Å². The fourth-order valence-corrected chi connectivity index (χ4v) is 2.22. The molecule has 0 unspecified atom stereocenters. The molecule has 100 valence electrons. The molecule has 1 heterocycles. The van der Waals surface area contributed by atoms with Crippen molar-refractivity contribution in [2.45, 2.75) is 13.0 Å². The number of halogens is 3. The van der Waals surface area contributed by atoms with E-state index in [1.54, 1.807) is 4.90 Å². The Labute approximate surface area is 117 Å². The Hall–Kier alpha value is -0.840. The molecule has 0 spiro atoms. The van der Waals surface area contributed by atoms with Crippen molar-refractivity contribution in [3.63, 3.8) is 0 Å². The van der Waals surface area contributed by atoms with Crippen LogP contribution in [0.2, 0.25) is 5.02 Å². The molecule has 3 nitrogen and oxygen atoms in total. The Kier molecular flexibility index (Phi) is 5.38. The molecule has 0 aliphatic carbocycles. The molecule has 1 aliphatic heterocycles. The van der Waals surface area contributed by atoms with E-state index in [1.165, 1.54) is 18.2 Å². The van der Waals surface area contributed by atoms with E-state index in [2.05, 4.69) is 5.32 Å². The summed E-state index contributed by atoms with van der Waals surface area (Å²) in [5, 5.41) is 3.39. The van der Waals surface area contributed by atoms with Crippen molar-refractivity contribution in [3.05, 3.63) is 34.6 Å². The minimum atomic E-state index is -0.561. The highest BCUT2D eigenvalue weighted by Gasteiger charge is 2.25. The molecule has 1 N–H and O–H groups in total. The fraction of sp³-hybridized carbons (Fsp3) is 0.417. The second-order valence-corrected chi connectivity index (χ2v) is 4.61. The Balaban J connectivity index is 0.00000162. The zero-order valence-electron chi connectivity index (χ0n) is 9.95. The highest BCUT2D eigenvalue weighted by molar-refractivity contribution is 6.33. The topological polar surface area (TPSA) is 32.3 Å². The summed E-state index contributed by atoms with van der Waals surface area (Å²) in [5.74, 6) is -0.893. The first-order valence-corrected chi connectivity index (χ1v) is 5.94. The minimum Gasteiger partial charge on any atom is -0.336 e. The summed E-state index contributed by atoms with van der Waals surface area (Å²) < 4.78 is 13.6. The number of carbonyl (C=O) groups excluding carboxylic acids is 1. The Bertz CT molecular complexity index is 422. The smallest absolute Gasteiger partial charge is 0.258 e. The molecule has 0 saturated carbocycles. The average molecular weight is 293 g/mol. The number of amides is 1. The number of benzene rings is 1. The number of hydrogen-bond acceptors (Lipinski definition) is 2. The zero-order valence-corrected chi connectivity index (χ0v) is 11.5. The maximum absolute atomic E-state index is 13.6. The first-order valence-electron chi connectivity index (χ1n) is 5.56. The van der Waals surface area contributed by atoms with Crippen LogP contribution in [-0.4, -0.2) is 36.5 Å². The maximum Gasteiger partial charge on any atom is 0.258 e. The second-order valence-electron chi connectivity index (χ2n) is 4.20. The van der Waals surface area contributed by atoms with E-state index in [-0.39, 0.29) is 34.9 Å². The number of nitrogens with one attached hydrogen (secondary N) is 1. The summed E-state index contributed by atoms with van der Waals surface area (Å²) in [6.45, 7) is 3.86. The van der Waals surface area contributed by atoms with E-state index in [9.17, 15) is 9.18 Å². The third-order valence-corrected chi connectivity index (χ3v) is 3.15. The van der Waals surface area contributed by atoms with E-state index < -0.39 is 5.82 Å². The van der Waals surface area contributed by atoms with Crippen molar-refractivity contribution < 1.29 is 9.18 Å². The molecule has 0 radical (unpaired) electrons. The molecule has 18 heavy (non-hydrogen) atoms. The molecule has 0 aromatic heterocycles. The van der Waals surface area contributed by atoms with Crippen molar-refractivity contribution in [1.82, 2.24) is 10.2 Å². The first-order chi connectivity index (χ1) is 8.09. The van der Waals surface area contributed by atoms with Crippen LogP contribution in [0.3, 0.4) is 0 Å². The van der Waals surface area contributed by atoms with Gasteiger partial charge in [0, 0.05) is 25.7 Å². The number of hydrogen-bond donors (Lipinski definition) is 1. The van der Waals surface area contributed by atoms with E-state index in [0.717, 1.165) is 6.54 Å². The van der Waals surface area contributed by atoms with Crippen LogP contribution in [0.25, 0.3) is 0 Å². The van der Waals surface area contributed by atoms with Gasteiger partial charge in [-0.1, -0.05) is 17.7 Å². The van der Waals surface area contributed by atoms with Crippen LogP contribution in [-0.2, 0) is 0 Å². The molecule has 0 bridgehead atoms. The Morgan fingerprint density at radius 2 is 2.28 bits per heavy atom. The standard InChI is InChI=1S/C12H14ClFN2O.ClH/c1-8-7-16(6-5-15-8)12(17)11-9(13)3-2-4-10(11)14;/h2-4,8,15H,5-7H2,1H3;1H/t8-;/m1./s1. The number of rotatable bonds is 1. The van der Waals surface area contributed by atoms with Gasteiger partial charge >= 0.3 is 0 Å². The highest BCUT2D eigenvalue weighted by atomic mass is 35.5. The SMILES string of the molecule is C[C@@H]1CN(C(=O)c2c(F)cccc2Cl)CCN1.Cl. The third-order valence-electron chi connectivity index (χ3n) is 2.83. The van der Waals surface area contributed by atoms with Gasteiger partial charge in [0.25, 0.3) is 5.91 Å². The van der Waals surface area contributed by atoms with Crippen molar-refractivity contribution in [2.24, 2.45) is 0 Å². The Morgan fingerprint density at radius 3 is 2.89 bits per heavy atom. The van der Waals surface area contributed by atoms with E-state index >= 15 is 0 Å². The molecule has 1 atom stereocenters. The molecule has 1 aliphatic rings. The second kappa shape index (κ2) is 6.36. The lowest BCUT2D eigenvalue weighted by Crippen LogP contribution is -2.51. The largest absolute Gasteiger partial charge is 0.336 e. The minimum absolute atomic E-state index is 0. The van der Waals surface area contributed by atoms with Gasteiger partial charge in [0.2, 0.25) is 0 Å².